The van der Waals surface area contributed by atoms with Crippen LogP contribution in [-0.4, -0.2) is 71.2 Å². The molecule has 1 fully saturated rings. The molecule has 1 aromatic carbocycles. The molecule has 0 spiro atoms. The number of rotatable bonds is 16. The maximum absolute atomic E-state index is 13.5. The number of benzene rings is 1. The van der Waals surface area contributed by atoms with E-state index >= 15 is 0 Å². The number of aliphatic hydroxyl groups excluding tert-OH is 1. The van der Waals surface area contributed by atoms with Crippen LogP contribution in [0.15, 0.2) is 55.6 Å². The van der Waals surface area contributed by atoms with E-state index < -0.39 is 35.4 Å². The number of carbonyl (C=O) groups excluding carboxylic acids is 4. The van der Waals surface area contributed by atoms with Crippen LogP contribution < -0.4 is 5.32 Å². The third-order valence-electron chi connectivity index (χ3n) is 6.84. The normalized spacial score (nSPS) is 17.2. The average Bonchev–Trinajstić information content (AvgIpc) is 3.38. The molecule has 4 atom stereocenters. The SMILES string of the molecule is C=CC[C@@H](CC(=O)OC(C)(C)C)C(=O)OC[C@@H]1CCCN1C(=O)[C@@H](CC=C)CC(=O)N[C@@H](CO)Cc1ccccc1. The minimum absolute atomic E-state index is 0.00318. The third kappa shape index (κ3) is 11.9. The highest BCUT2D eigenvalue weighted by Gasteiger charge is 2.35. The molecule has 9 heteroatoms. The topological polar surface area (TPSA) is 122 Å². The lowest BCUT2D eigenvalue weighted by atomic mass is 9.98. The van der Waals surface area contributed by atoms with E-state index in [0.29, 0.717) is 25.8 Å². The molecule has 0 bridgehead atoms. The Labute approximate surface area is 244 Å². The van der Waals surface area contributed by atoms with Crippen LogP contribution in [0.5, 0.6) is 0 Å². The fourth-order valence-corrected chi connectivity index (χ4v) is 4.92. The van der Waals surface area contributed by atoms with Gasteiger partial charge < -0.3 is 24.8 Å². The second-order valence-electron chi connectivity index (χ2n) is 11.5. The van der Waals surface area contributed by atoms with Gasteiger partial charge in [0.1, 0.15) is 12.2 Å². The quantitative estimate of drug-likeness (QED) is 0.229. The number of ether oxygens (including phenoxy) is 2. The Morgan fingerprint density at radius 2 is 1.73 bits per heavy atom. The summed E-state index contributed by atoms with van der Waals surface area (Å²) in [6.45, 7) is 13.0. The zero-order valence-electron chi connectivity index (χ0n) is 24.7. The number of amides is 2. The number of esters is 2. The Hall–Kier alpha value is -3.46. The van der Waals surface area contributed by atoms with Crippen LogP contribution in [0, 0.1) is 11.8 Å². The van der Waals surface area contributed by atoms with Gasteiger partial charge in [-0.05, 0) is 58.4 Å². The predicted octanol–water partition coefficient (Wildman–Crippen LogP) is 3.75. The van der Waals surface area contributed by atoms with E-state index in [4.69, 9.17) is 9.47 Å². The largest absolute Gasteiger partial charge is 0.463 e. The summed E-state index contributed by atoms with van der Waals surface area (Å²) < 4.78 is 10.9. The molecule has 41 heavy (non-hydrogen) atoms. The minimum Gasteiger partial charge on any atom is -0.463 e. The molecule has 0 aromatic heterocycles. The fraction of sp³-hybridized carbons (Fsp3) is 0.562. The van der Waals surface area contributed by atoms with Gasteiger partial charge in [-0.2, -0.15) is 0 Å². The van der Waals surface area contributed by atoms with E-state index in [0.717, 1.165) is 12.0 Å². The van der Waals surface area contributed by atoms with Crippen molar-refractivity contribution in [1.29, 1.82) is 0 Å². The summed E-state index contributed by atoms with van der Waals surface area (Å²) in [7, 11) is 0. The second kappa shape index (κ2) is 16.7. The van der Waals surface area contributed by atoms with Crippen molar-refractivity contribution in [3.63, 3.8) is 0 Å². The number of nitrogens with zero attached hydrogens (tertiary/aromatic N) is 1. The summed E-state index contributed by atoms with van der Waals surface area (Å²) in [5.41, 5.74) is 0.325. The predicted molar refractivity (Wildman–Crippen MR) is 157 cm³/mol. The number of carbonyl (C=O) groups is 4. The first kappa shape index (κ1) is 33.7. The molecular weight excluding hydrogens is 524 g/mol. The van der Waals surface area contributed by atoms with E-state index in [1.54, 1.807) is 37.8 Å². The van der Waals surface area contributed by atoms with Crippen LogP contribution in [-0.2, 0) is 35.1 Å². The third-order valence-corrected chi connectivity index (χ3v) is 6.84. The highest BCUT2D eigenvalue weighted by molar-refractivity contribution is 5.86. The Morgan fingerprint density at radius 3 is 2.34 bits per heavy atom. The molecule has 2 N–H and O–H groups in total. The lowest BCUT2D eigenvalue weighted by molar-refractivity contribution is -0.162. The smallest absolute Gasteiger partial charge is 0.309 e. The van der Waals surface area contributed by atoms with Gasteiger partial charge in [0.15, 0.2) is 0 Å². The summed E-state index contributed by atoms with van der Waals surface area (Å²) in [6, 6.07) is 8.76. The van der Waals surface area contributed by atoms with Gasteiger partial charge >= 0.3 is 11.9 Å². The van der Waals surface area contributed by atoms with Crippen LogP contribution >= 0.6 is 0 Å². The van der Waals surface area contributed by atoms with Crippen molar-refractivity contribution >= 4 is 23.8 Å². The number of likely N-dealkylation sites (tertiary alicyclic amines) is 1. The fourth-order valence-electron chi connectivity index (χ4n) is 4.92. The van der Waals surface area contributed by atoms with Crippen LogP contribution in [0.25, 0.3) is 0 Å². The standard InChI is InChI=1S/C32H46N2O7/c1-6-12-24(19-28(36)33-26(21-35)18-23-14-9-8-10-15-23)30(38)34-17-11-16-27(34)22-40-31(39)25(13-7-2)20-29(37)41-32(3,4)5/h6-10,14-15,24-27,35H,1-2,11-13,16-22H2,3-5H3,(H,33,36)/t24-,25-,26+,27-/m0/s1. The summed E-state index contributed by atoms with van der Waals surface area (Å²) in [5.74, 6) is -2.89. The molecule has 1 heterocycles. The van der Waals surface area contributed by atoms with Crippen molar-refractivity contribution < 1.29 is 33.8 Å². The molecule has 9 nitrogen and oxygen atoms in total. The van der Waals surface area contributed by atoms with Crippen molar-refractivity contribution in [2.75, 3.05) is 19.8 Å². The highest BCUT2D eigenvalue weighted by atomic mass is 16.6. The monoisotopic (exact) mass is 570 g/mol. The second-order valence-corrected chi connectivity index (χ2v) is 11.5. The molecule has 226 valence electrons. The molecule has 1 aromatic rings. The van der Waals surface area contributed by atoms with Gasteiger partial charge in [-0.1, -0.05) is 42.5 Å². The molecule has 1 aliphatic heterocycles. The van der Waals surface area contributed by atoms with Crippen LogP contribution in [0.2, 0.25) is 0 Å². The molecule has 0 radical (unpaired) electrons. The maximum Gasteiger partial charge on any atom is 0.309 e. The number of nitrogens with one attached hydrogen (secondary N) is 1. The highest BCUT2D eigenvalue weighted by Crippen LogP contribution is 2.24. The zero-order chi connectivity index (χ0) is 30.4. The van der Waals surface area contributed by atoms with Crippen LogP contribution in [0.4, 0.5) is 0 Å². The van der Waals surface area contributed by atoms with Gasteiger partial charge in [-0.3, -0.25) is 19.2 Å². The van der Waals surface area contributed by atoms with Gasteiger partial charge in [-0.15, -0.1) is 13.2 Å². The van der Waals surface area contributed by atoms with Gasteiger partial charge in [0.2, 0.25) is 11.8 Å². The van der Waals surface area contributed by atoms with E-state index in [-0.39, 0.29) is 50.3 Å². The Balaban J connectivity index is 1.97. The van der Waals surface area contributed by atoms with Crippen molar-refractivity contribution in [3.05, 3.63) is 61.2 Å². The molecule has 0 aliphatic carbocycles. The first-order chi connectivity index (χ1) is 19.5. The van der Waals surface area contributed by atoms with E-state index in [1.165, 1.54) is 0 Å². The molecule has 1 aliphatic rings. The lowest BCUT2D eigenvalue weighted by Crippen LogP contribution is -2.45. The van der Waals surface area contributed by atoms with Gasteiger partial charge in [0, 0.05) is 13.0 Å². The van der Waals surface area contributed by atoms with Crippen molar-refractivity contribution in [1.82, 2.24) is 10.2 Å². The molecule has 0 saturated carbocycles. The van der Waals surface area contributed by atoms with E-state index in [2.05, 4.69) is 18.5 Å². The van der Waals surface area contributed by atoms with Gasteiger partial charge in [0.25, 0.3) is 0 Å². The first-order valence-corrected chi connectivity index (χ1v) is 14.3. The first-order valence-electron chi connectivity index (χ1n) is 14.3. The summed E-state index contributed by atoms with van der Waals surface area (Å²) in [5, 5.41) is 12.6. The van der Waals surface area contributed by atoms with Crippen molar-refractivity contribution in [3.8, 4) is 0 Å². The zero-order valence-corrected chi connectivity index (χ0v) is 24.7. The van der Waals surface area contributed by atoms with Crippen molar-refractivity contribution in [2.24, 2.45) is 11.8 Å². The minimum atomic E-state index is -0.722. The summed E-state index contributed by atoms with van der Waals surface area (Å²) >= 11 is 0. The number of hydrogen-bond donors (Lipinski definition) is 2. The van der Waals surface area contributed by atoms with E-state index in [9.17, 15) is 24.3 Å². The number of hydrogen-bond acceptors (Lipinski definition) is 7. The lowest BCUT2D eigenvalue weighted by Gasteiger charge is -2.29. The number of allylic oxidation sites excluding steroid dienone is 2. The Morgan fingerprint density at radius 1 is 1.07 bits per heavy atom. The molecule has 1 saturated heterocycles. The van der Waals surface area contributed by atoms with Crippen LogP contribution in [0.3, 0.4) is 0 Å². The summed E-state index contributed by atoms with van der Waals surface area (Å²) in [6.07, 6.45) is 5.48. The number of aliphatic hydroxyl groups is 1. The molecule has 0 unspecified atom stereocenters. The van der Waals surface area contributed by atoms with Gasteiger partial charge in [0.05, 0.1) is 36.9 Å². The summed E-state index contributed by atoms with van der Waals surface area (Å²) in [4.78, 5) is 53.2. The van der Waals surface area contributed by atoms with E-state index in [1.807, 2.05) is 30.3 Å². The molecular formula is C32H46N2O7. The maximum atomic E-state index is 13.5. The molecule has 2 rings (SSSR count). The van der Waals surface area contributed by atoms with Crippen molar-refractivity contribution in [2.45, 2.75) is 83.4 Å². The average molecular weight is 571 g/mol. The van der Waals surface area contributed by atoms with Crippen LogP contribution in [0.1, 0.15) is 64.9 Å². The molecule has 2 amide bonds. The Kier molecular flexibility index (Phi) is 13.8. The Bertz CT molecular complexity index is 1030. The van der Waals surface area contributed by atoms with Gasteiger partial charge in [-0.25, -0.2) is 0 Å².